The second-order valence-electron chi connectivity index (χ2n) is 8.52. The number of likely N-dealkylation sites (N-methyl/N-ethyl adjacent to an activating group) is 1. The van der Waals surface area contributed by atoms with Crippen molar-refractivity contribution >= 4 is 5.97 Å². The average molecular weight is 336 g/mol. The molecule has 3 rings (SSSR count). The zero-order chi connectivity index (χ0) is 17.5. The first-order valence-corrected chi connectivity index (χ1v) is 8.67. The van der Waals surface area contributed by atoms with E-state index in [1.807, 2.05) is 11.9 Å². The topological polar surface area (TPSA) is 82.7 Å². The number of likely N-dealkylation sites (tertiary alicyclic amines) is 2. The lowest BCUT2D eigenvalue weighted by atomic mass is 9.76. The van der Waals surface area contributed by atoms with Crippen molar-refractivity contribution in [2.75, 3.05) is 26.7 Å². The van der Waals surface area contributed by atoms with Gasteiger partial charge in [0, 0.05) is 12.0 Å². The highest BCUT2D eigenvalue weighted by molar-refractivity contribution is 5.74. The first-order chi connectivity index (χ1) is 11.2. The van der Waals surface area contributed by atoms with Crippen LogP contribution in [0.25, 0.3) is 0 Å². The van der Waals surface area contributed by atoms with Crippen molar-refractivity contribution in [3.63, 3.8) is 0 Å². The molecule has 0 aliphatic carbocycles. The summed E-state index contributed by atoms with van der Waals surface area (Å²) in [6.45, 7) is 9.68. The van der Waals surface area contributed by atoms with Crippen molar-refractivity contribution in [3.05, 3.63) is 11.7 Å². The summed E-state index contributed by atoms with van der Waals surface area (Å²) in [7, 11) is 1.92. The van der Waals surface area contributed by atoms with Crippen LogP contribution >= 0.6 is 0 Å². The van der Waals surface area contributed by atoms with Gasteiger partial charge in [0.2, 0.25) is 5.89 Å². The van der Waals surface area contributed by atoms with Gasteiger partial charge in [0.1, 0.15) is 6.04 Å². The van der Waals surface area contributed by atoms with Crippen molar-refractivity contribution < 1.29 is 14.4 Å². The summed E-state index contributed by atoms with van der Waals surface area (Å²) in [6, 6.07) is -0.330. The predicted molar refractivity (Wildman–Crippen MR) is 88.6 cm³/mol. The van der Waals surface area contributed by atoms with Gasteiger partial charge in [-0.3, -0.25) is 14.6 Å². The number of carboxylic acids is 1. The lowest BCUT2D eigenvalue weighted by molar-refractivity contribution is -0.141. The number of piperidine rings is 1. The molecule has 24 heavy (non-hydrogen) atoms. The molecular weight excluding hydrogens is 308 g/mol. The fraction of sp³-hybridized carbons (Fsp3) is 0.824. The van der Waals surface area contributed by atoms with E-state index in [9.17, 15) is 9.90 Å². The molecule has 1 spiro atoms. The Kier molecular flexibility index (Phi) is 4.42. The van der Waals surface area contributed by atoms with Crippen LogP contribution in [-0.4, -0.2) is 63.7 Å². The molecule has 3 heterocycles. The van der Waals surface area contributed by atoms with Crippen LogP contribution in [0.1, 0.15) is 51.7 Å². The van der Waals surface area contributed by atoms with Crippen molar-refractivity contribution in [3.8, 4) is 0 Å². The Balaban J connectivity index is 1.56. The fourth-order valence-electron chi connectivity index (χ4n) is 3.92. The van der Waals surface area contributed by atoms with Gasteiger partial charge < -0.3 is 9.63 Å². The van der Waals surface area contributed by atoms with Crippen LogP contribution in [0.3, 0.4) is 0 Å². The van der Waals surface area contributed by atoms with E-state index in [1.165, 1.54) is 0 Å². The molecule has 2 saturated heterocycles. The molecule has 0 radical (unpaired) electrons. The molecule has 0 bridgehead atoms. The largest absolute Gasteiger partial charge is 0.480 e. The lowest BCUT2D eigenvalue weighted by Crippen LogP contribution is -2.41. The third kappa shape index (κ3) is 3.47. The maximum Gasteiger partial charge on any atom is 0.320 e. The van der Waals surface area contributed by atoms with E-state index in [2.05, 4.69) is 35.8 Å². The van der Waals surface area contributed by atoms with Crippen LogP contribution in [0.2, 0.25) is 0 Å². The van der Waals surface area contributed by atoms with Gasteiger partial charge in [-0.2, -0.15) is 4.98 Å². The molecule has 0 saturated carbocycles. The molecule has 2 fully saturated rings. The Morgan fingerprint density at radius 1 is 1.38 bits per heavy atom. The van der Waals surface area contributed by atoms with Gasteiger partial charge in [-0.05, 0) is 44.8 Å². The molecule has 7 nitrogen and oxygen atoms in total. The fourth-order valence-corrected chi connectivity index (χ4v) is 3.92. The first-order valence-electron chi connectivity index (χ1n) is 8.67. The summed E-state index contributed by atoms with van der Waals surface area (Å²) in [6.07, 6.45) is 2.83. The second-order valence-corrected chi connectivity index (χ2v) is 8.52. The van der Waals surface area contributed by atoms with Crippen LogP contribution in [0, 0.1) is 5.41 Å². The first kappa shape index (κ1) is 17.4. The third-order valence-electron chi connectivity index (χ3n) is 5.42. The van der Waals surface area contributed by atoms with Crippen LogP contribution in [0.15, 0.2) is 4.52 Å². The van der Waals surface area contributed by atoms with E-state index >= 15 is 0 Å². The molecule has 0 unspecified atom stereocenters. The summed E-state index contributed by atoms with van der Waals surface area (Å²) >= 11 is 0. The number of hydrogen-bond acceptors (Lipinski definition) is 6. The Labute approximate surface area is 143 Å². The van der Waals surface area contributed by atoms with E-state index in [0.29, 0.717) is 12.4 Å². The van der Waals surface area contributed by atoms with Crippen LogP contribution < -0.4 is 0 Å². The molecule has 1 N–H and O–H groups in total. The van der Waals surface area contributed by atoms with Gasteiger partial charge in [-0.15, -0.1) is 0 Å². The summed E-state index contributed by atoms with van der Waals surface area (Å²) in [5, 5.41) is 13.4. The summed E-state index contributed by atoms with van der Waals surface area (Å²) < 4.78 is 5.36. The lowest BCUT2D eigenvalue weighted by Gasteiger charge is -2.38. The molecule has 0 amide bonds. The molecule has 1 aromatic heterocycles. The Morgan fingerprint density at radius 2 is 2.04 bits per heavy atom. The normalized spacial score (nSPS) is 25.4. The summed E-state index contributed by atoms with van der Waals surface area (Å²) in [5.74, 6) is 0.717. The van der Waals surface area contributed by atoms with Gasteiger partial charge in [0.15, 0.2) is 5.82 Å². The van der Waals surface area contributed by atoms with Crippen molar-refractivity contribution in [1.82, 2.24) is 19.9 Å². The van der Waals surface area contributed by atoms with Crippen molar-refractivity contribution in [2.24, 2.45) is 5.41 Å². The molecule has 7 heteroatoms. The monoisotopic (exact) mass is 336 g/mol. The minimum Gasteiger partial charge on any atom is -0.480 e. The molecule has 2 aliphatic rings. The van der Waals surface area contributed by atoms with Gasteiger partial charge >= 0.3 is 5.97 Å². The average Bonchev–Trinajstić information content (AvgIpc) is 3.07. The molecule has 2 aliphatic heterocycles. The standard InChI is InChI=1S/C17H28N4O3/c1-16(2,3)15-18-13(19-24-15)10-21-7-5-17(6-8-21)9-12(14(22)23)20(4)11-17/h12H,5-11H2,1-4H3,(H,22,23)/t12-/m0/s1. The van der Waals surface area contributed by atoms with Gasteiger partial charge in [-0.25, -0.2) is 0 Å². The van der Waals surface area contributed by atoms with E-state index < -0.39 is 5.97 Å². The zero-order valence-corrected chi connectivity index (χ0v) is 15.1. The number of carboxylic acid groups (broad SMARTS) is 1. The Morgan fingerprint density at radius 3 is 2.54 bits per heavy atom. The SMILES string of the molecule is CN1CC2(CCN(Cc3noc(C(C)(C)C)n3)CC2)C[C@H]1C(=O)O. The van der Waals surface area contributed by atoms with E-state index in [-0.39, 0.29) is 16.9 Å². The minimum absolute atomic E-state index is 0.127. The number of aliphatic carboxylic acids is 1. The molecule has 1 aromatic rings. The van der Waals surface area contributed by atoms with E-state index in [0.717, 1.165) is 44.7 Å². The number of carbonyl (C=O) groups is 1. The zero-order valence-electron chi connectivity index (χ0n) is 15.1. The highest BCUT2D eigenvalue weighted by Gasteiger charge is 2.46. The Bertz CT molecular complexity index is 599. The van der Waals surface area contributed by atoms with Crippen molar-refractivity contribution in [1.29, 1.82) is 0 Å². The van der Waals surface area contributed by atoms with Gasteiger partial charge in [0.25, 0.3) is 0 Å². The number of hydrogen-bond donors (Lipinski definition) is 1. The van der Waals surface area contributed by atoms with Crippen LogP contribution in [-0.2, 0) is 16.8 Å². The molecule has 134 valence electrons. The number of aromatic nitrogens is 2. The minimum atomic E-state index is -0.696. The Hall–Kier alpha value is -1.47. The van der Waals surface area contributed by atoms with E-state index in [4.69, 9.17) is 4.52 Å². The molecule has 0 aromatic carbocycles. The quantitative estimate of drug-likeness (QED) is 0.900. The second kappa shape index (κ2) is 6.11. The maximum absolute atomic E-state index is 11.3. The predicted octanol–water partition coefficient (Wildman–Crippen LogP) is 1.74. The summed E-state index contributed by atoms with van der Waals surface area (Å²) in [4.78, 5) is 20.2. The van der Waals surface area contributed by atoms with E-state index in [1.54, 1.807) is 0 Å². The molecule has 1 atom stereocenters. The number of nitrogens with zero attached hydrogens (tertiary/aromatic N) is 4. The highest BCUT2D eigenvalue weighted by Crippen LogP contribution is 2.43. The van der Waals surface area contributed by atoms with Gasteiger partial charge in [-0.1, -0.05) is 25.9 Å². The van der Waals surface area contributed by atoms with Crippen LogP contribution in [0.4, 0.5) is 0 Å². The smallest absolute Gasteiger partial charge is 0.320 e. The number of rotatable bonds is 3. The highest BCUT2D eigenvalue weighted by atomic mass is 16.5. The maximum atomic E-state index is 11.3. The summed E-state index contributed by atoms with van der Waals surface area (Å²) in [5.41, 5.74) is 0.0274. The van der Waals surface area contributed by atoms with Crippen LogP contribution in [0.5, 0.6) is 0 Å². The third-order valence-corrected chi connectivity index (χ3v) is 5.42. The molecular formula is C17H28N4O3. The van der Waals surface area contributed by atoms with Gasteiger partial charge in [0.05, 0.1) is 6.54 Å². The van der Waals surface area contributed by atoms with Crippen molar-refractivity contribution in [2.45, 2.75) is 58.0 Å².